The Morgan fingerprint density at radius 3 is 2.62 bits per heavy atom. The number of aryl methyl sites for hydroxylation is 1. The number of hydrogen-bond donors (Lipinski definition) is 2. The van der Waals surface area contributed by atoms with Crippen molar-refractivity contribution in [3.05, 3.63) is 47.5 Å². The number of anilines is 3. The van der Waals surface area contributed by atoms with Crippen molar-refractivity contribution in [3.8, 4) is 5.75 Å². The Morgan fingerprint density at radius 2 is 1.94 bits per heavy atom. The lowest BCUT2D eigenvalue weighted by Gasteiger charge is -2.41. The molecule has 32 heavy (non-hydrogen) atoms. The third-order valence-electron chi connectivity index (χ3n) is 5.94. The summed E-state index contributed by atoms with van der Waals surface area (Å²) in [6.07, 6.45) is 1.13. The van der Waals surface area contributed by atoms with E-state index in [2.05, 4.69) is 10.6 Å². The molecule has 4 rings (SSSR count). The maximum Gasteiger partial charge on any atom is 0.242 e. The highest BCUT2D eigenvalue weighted by Gasteiger charge is 2.28. The summed E-state index contributed by atoms with van der Waals surface area (Å²) >= 11 is 0. The minimum absolute atomic E-state index is 0.0154. The topological polar surface area (TPSA) is 73.9 Å². The molecule has 1 saturated heterocycles. The quantitative estimate of drug-likeness (QED) is 0.742. The molecule has 0 bridgehead atoms. The number of hydrogen-bond acceptors (Lipinski definition) is 5. The van der Waals surface area contributed by atoms with Crippen LogP contribution in [-0.4, -0.2) is 56.0 Å². The largest absolute Gasteiger partial charge is 0.491 e. The van der Waals surface area contributed by atoms with Crippen LogP contribution in [0.15, 0.2) is 30.3 Å². The number of rotatable bonds is 5. The third kappa shape index (κ3) is 4.46. The second-order valence-electron chi connectivity index (χ2n) is 8.10. The van der Waals surface area contributed by atoms with Gasteiger partial charge in [-0.15, -0.1) is 0 Å². The number of ether oxygens (including phenoxy) is 1. The monoisotopic (exact) mass is 444 g/mol. The molecule has 0 aliphatic carbocycles. The molecule has 1 fully saturated rings. The Kier molecular flexibility index (Phi) is 6.16. The number of nitrogens with one attached hydrogen (secondary N) is 2. The van der Waals surface area contributed by atoms with Crippen LogP contribution in [0.5, 0.6) is 5.75 Å². The molecule has 2 aromatic rings. The van der Waals surface area contributed by atoms with E-state index in [9.17, 15) is 18.4 Å². The fraction of sp³-hybridized carbons (Fsp3) is 0.391. The van der Waals surface area contributed by atoms with E-state index in [1.807, 2.05) is 30.0 Å². The summed E-state index contributed by atoms with van der Waals surface area (Å²) in [6.45, 7) is 3.45. The van der Waals surface area contributed by atoms with Gasteiger partial charge in [-0.2, -0.15) is 0 Å². The standard InChI is InChI=1S/C23H26F2N4O3/c1-14-13-28(17-10-18(24)23(32-2)19(25)11-17)7-8-29(14)22(31)12-26-16-4-5-20-15(9-16)3-6-21(30)27-20/h4-5,9-11,14,26H,3,6-8,12-13H2,1-2H3,(H,27,30)/t14-/m1/s1. The van der Waals surface area contributed by atoms with E-state index in [0.29, 0.717) is 38.2 Å². The lowest BCUT2D eigenvalue weighted by Crippen LogP contribution is -2.55. The fourth-order valence-corrected chi connectivity index (χ4v) is 4.26. The lowest BCUT2D eigenvalue weighted by molar-refractivity contribution is -0.131. The van der Waals surface area contributed by atoms with Gasteiger partial charge >= 0.3 is 0 Å². The molecule has 2 aliphatic heterocycles. The van der Waals surface area contributed by atoms with Crippen molar-refractivity contribution in [2.45, 2.75) is 25.8 Å². The van der Waals surface area contributed by atoms with E-state index < -0.39 is 17.4 Å². The number of nitrogens with zero attached hydrogens (tertiary/aromatic N) is 2. The highest BCUT2D eigenvalue weighted by molar-refractivity contribution is 5.94. The van der Waals surface area contributed by atoms with Crippen molar-refractivity contribution in [2.24, 2.45) is 0 Å². The van der Waals surface area contributed by atoms with Gasteiger partial charge in [0.15, 0.2) is 17.4 Å². The first-order valence-corrected chi connectivity index (χ1v) is 10.6. The molecule has 7 nitrogen and oxygen atoms in total. The smallest absolute Gasteiger partial charge is 0.242 e. The average Bonchev–Trinajstić information content (AvgIpc) is 2.77. The number of carbonyl (C=O) groups is 2. The normalized spacial score (nSPS) is 18.1. The number of fused-ring (bicyclic) bond motifs is 1. The van der Waals surface area contributed by atoms with Gasteiger partial charge in [-0.1, -0.05) is 0 Å². The first-order chi connectivity index (χ1) is 15.4. The van der Waals surface area contributed by atoms with Gasteiger partial charge in [0.25, 0.3) is 0 Å². The van der Waals surface area contributed by atoms with Crippen molar-refractivity contribution in [3.63, 3.8) is 0 Å². The first kappa shape index (κ1) is 21.9. The zero-order valence-electron chi connectivity index (χ0n) is 18.1. The van der Waals surface area contributed by atoms with Gasteiger partial charge in [-0.3, -0.25) is 9.59 Å². The van der Waals surface area contributed by atoms with E-state index in [1.54, 1.807) is 4.90 Å². The van der Waals surface area contributed by atoms with Crippen LogP contribution in [0.1, 0.15) is 18.9 Å². The van der Waals surface area contributed by atoms with Gasteiger partial charge in [0.2, 0.25) is 11.8 Å². The number of piperazine rings is 1. The van der Waals surface area contributed by atoms with Crippen LogP contribution in [0.25, 0.3) is 0 Å². The van der Waals surface area contributed by atoms with Crippen LogP contribution < -0.4 is 20.3 Å². The molecule has 9 heteroatoms. The van der Waals surface area contributed by atoms with Gasteiger partial charge in [0.05, 0.1) is 13.7 Å². The van der Waals surface area contributed by atoms with Gasteiger partial charge in [0, 0.05) is 61.3 Å². The Morgan fingerprint density at radius 1 is 1.19 bits per heavy atom. The zero-order valence-corrected chi connectivity index (χ0v) is 18.1. The molecule has 2 aliphatic rings. The molecule has 170 valence electrons. The molecule has 2 amide bonds. The molecular weight excluding hydrogens is 418 g/mol. The molecule has 1 atom stereocenters. The summed E-state index contributed by atoms with van der Waals surface area (Å²) in [7, 11) is 1.23. The van der Waals surface area contributed by atoms with E-state index in [1.165, 1.54) is 19.2 Å². The van der Waals surface area contributed by atoms with Crippen molar-refractivity contribution in [2.75, 3.05) is 48.8 Å². The van der Waals surface area contributed by atoms with E-state index >= 15 is 0 Å². The predicted octanol–water partition coefficient (Wildman–Crippen LogP) is 3.01. The van der Waals surface area contributed by atoms with Gasteiger partial charge < -0.3 is 25.2 Å². The Labute approximate surface area is 185 Å². The lowest BCUT2D eigenvalue weighted by atomic mass is 10.0. The van der Waals surface area contributed by atoms with Crippen molar-refractivity contribution >= 4 is 28.9 Å². The van der Waals surface area contributed by atoms with Gasteiger partial charge in [-0.25, -0.2) is 8.78 Å². The van der Waals surface area contributed by atoms with E-state index in [0.717, 1.165) is 16.9 Å². The number of halogens is 2. The molecular formula is C23H26F2N4O3. The maximum absolute atomic E-state index is 14.1. The molecule has 0 aromatic heterocycles. The minimum atomic E-state index is -0.748. The van der Waals surface area contributed by atoms with Gasteiger partial charge in [-0.05, 0) is 37.1 Å². The molecule has 2 heterocycles. The molecule has 0 unspecified atom stereocenters. The highest BCUT2D eigenvalue weighted by atomic mass is 19.1. The maximum atomic E-state index is 14.1. The van der Waals surface area contributed by atoms with E-state index in [-0.39, 0.29) is 24.4 Å². The molecule has 0 spiro atoms. The minimum Gasteiger partial charge on any atom is -0.491 e. The number of benzene rings is 2. The van der Waals surface area contributed by atoms with Crippen molar-refractivity contribution in [1.82, 2.24) is 4.90 Å². The second-order valence-corrected chi connectivity index (χ2v) is 8.10. The predicted molar refractivity (Wildman–Crippen MR) is 118 cm³/mol. The summed E-state index contributed by atoms with van der Waals surface area (Å²) in [6, 6.07) is 8.03. The number of methoxy groups -OCH3 is 1. The first-order valence-electron chi connectivity index (χ1n) is 10.6. The Bertz CT molecular complexity index is 1020. The third-order valence-corrected chi connectivity index (χ3v) is 5.94. The highest BCUT2D eigenvalue weighted by Crippen LogP contribution is 2.29. The summed E-state index contributed by atoms with van der Waals surface area (Å²) in [4.78, 5) is 27.9. The number of amides is 2. The molecule has 0 saturated carbocycles. The summed E-state index contributed by atoms with van der Waals surface area (Å²) < 4.78 is 32.9. The van der Waals surface area contributed by atoms with Crippen LogP contribution in [0, 0.1) is 11.6 Å². The summed E-state index contributed by atoms with van der Waals surface area (Å²) in [5, 5.41) is 6.00. The average molecular weight is 444 g/mol. The Hall–Kier alpha value is -3.36. The number of carbonyl (C=O) groups excluding carboxylic acids is 2. The van der Waals surface area contributed by atoms with Crippen LogP contribution in [0.2, 0.25) is 0 Å². The van der Waals surface area contributed by atoms with E-state index in [4.69, 9.17) is 4.74 Å². The van der Waals surface area contributed by atoms with Crippen LogP contribution in [0.3, 0.4) is 0 Å². The SMILES string of the molecule is COc1c(F)cc(N2CCN(C(=O)CNc3ccc4c(c3)CCC(=O)N4)[C@H](C)C2)cc1F. The van der Waals surface area contributed by atoms with Crippen LogP contribution in [0.4, 0.5) is 25.8 Å². The molecule has 0 radical (unpaired) electrons. The molecule has 2 aromatic carbocycles. The zero-order chi connectivity index (χ0) is 22.8. The van der Waals surface area contributed by atoms with Gasteiger partial charge in [0.1, 0.15) is 0 Å². The molecule has 2 N–H and O–H groups in total. The Balaban J connectivity index is 1.35. The van der Waals surface area contributed by atoms with Crippen LogP contribution >= 0.6 is 0 Å². The fourth-order valence-electron chi connectivity index (χ4n) is 4.26. The van der Waals surface area contributed by atoms with Crippen LogP contribution in [-0.2, 0) is 16.0 Å². The summed E-state index contributed by atoms with van der Waals surface area (Å²) in [5.41, 5.74) is 3.11. The van der Waals surface area contributed by atoms with Crippen molar-refractivity contribution < 1.29 is 23.1 Å². The summed E-state index contributed by atoms with van der Waals surface area (Å²) in [5.74, 6) is -1.92. The second kappa shape index (κ2) is 9.02. The van der Waals surface area contributed by atoms with Crippen molar-refractivity contribution in [1.29, 1.82) is 0 Å².